The molecule has 0 aliphatic carbocycles. The maximum atomic E-state index is 11.6. The Morgan fingerprint density at radius 1 is 1.35 bits per heavy atom. The molecule has 0 saturated carbocycles. The summed E-state index contributed by atoms with van der Waals surface area (Å²) in [5.41, 5.74) is 6.32. The highest BCUT2D eigenvalue weighted by Gasteiger charge is 2.10. The molecular weight excluding hydrogens is 242 g/mol. The van der Waals surface area contributed by atoms with Crippen molar-refractivity contribution in [3.8, 4) is 0 Å². The number of benzene rings is 1. The first-order valence-corrected chi connectivity index (χ1v) is 6.65. The maximum Gasteiger partial charge on any atom is 0.253 e. The number of carbonyl (C=O) groups is 1. The topological polar surface area (TPSA) is 101 Å². The van der Waals surface area contributed by atoms with Gasteiger partial charge >= 0.3 is 0 Å². The number of hydrogen-bond donors (Lipinski definition) is 3. The number of nitrogen functional groups attached to an aromatic ring is 1. The SMILES string of the molecule is CNS(=O)(=O)CCNC(=O)c1ccccc1N. The zero-order valence-electron chi connectivity index (χ0n) is 9.43. The monoisotopic (exact) mass is 257 g/mol. The molecule has 0 radical (unpaired) electrons. The van der Waals surface area contributed by atoms with E-state index in [1.165, 1.54) is 7.05 Å². The molecule has 0 atom stereocenters. The highest BCUT2D eigenvalue weighted by Crippen LogP contribution is 2.09. The number of carbonyl (C=O) groups excluding carboxylic acids is 1. The second-order valence-corrected chi connectivity index (χ2v) is 5.41. The number of rotatable bonds is 5. The van der Waals surface area contributed by atoms with Crippen molar-refractivity contribution in [3.63, 3.8) is 0 Å². The molecule has 1 amide bonds. The van der Waals surface area contributed by atoms with Crippen LogP contribution in [-0.4, -0.2) is 33.7 Å². The van der Waals surface area contributed by atoms with Gasteiger partial charge in [-0.05, 0) is 19.2 Å². The van der Waals surface area contributed by atoms with Crippen molar-refractivity contribution < 1.29 is 13.2 Å². The van der Waals surface area contributed by atoms with Gasteiger partial charge in [-0.1, -0.05) is 12.1 Å². The summed E-state index contributed by atoms with van der Waals surface area (Å²) in [6.07, 6.45) is 0. The van der Waals surface area contributed by atoms with Crippen molar-refractivity contribution >= 4 is 21.6 Å². The van der Waals surface area contributed by atoms with Crippen LogP contribution < -0.4 is 15.8 Å². The molecule has 0 aliphatic heterocycles. The van der Waals surface area contributed by atoms with E-state index in [-0.39, 0.29) is 18.2 Å². The van der Waals surface area contributed by atoms with E-state index >= 15 is 0 Å². The Morgan fingerprint density at radius 2 is 2.00 bits per heavy atom. The molecule has 7 heteroatoms. The van der Waals surface area contributed by atoms with Crippen molar-refractivity contribution in [3.05, 3.63) is 29.8 Å². The lowest BCUT2D eigenvalue weighted by Crippen LogP contribution is -2.33. The van der Waals surface area contributed by atoms with Gasteiger partial charge in [0.2, 0.25) is 10.0 Å². The lowest BCUT2D eigenvalue weighted by molar-refractivity contribution is 0.0957. The molecule has 0 saturated heterocycles. The van der Waals surface area contributed by atoms with Crippen LogP contribution >= 0.6 is 0 Å². The smallest absolute Gasteiger partial charge is 0.253 e. The van der Waals surface area contributed by atoms with E-state index < -0.39 is 10.0 Å². The van der Waals surface area contributed by atoms with Crippen molar-refractivity contribution in [1.29, 1.82) is 0 Å². The number of sulfonamides is 1. The van der Waals surface area contributed by atoms with Gasteiger partial charge in [0.05, 0.1) is 11.3 Å². The Bertz CT molecular complexity index is 499. The zero-order valence-corrected chi connectivity index (χ0v) is 10.3. The fourth-order valence-corrected chi connectivity index (χ4v) is 1.77. The summed E-state index contributed by atoms with van der Waals surface area (Å²) < 4.78 is 24.4. The maximum absolute atomic E-state index is 11.6. The van der Waals surface area contributed by atoms with E-state index in [0.29, 0.717) is 11.3 Å². The average molecular weight is 257 g/mol. The fourth-order valence-electron chi connectivity index (χ4n) is 1.20. The first kappa shape index (κ1) is 13.5. The minimum absolute atomic E-state index is 0.0380. The van der Waals surface area contributed by atoms with E-state index in [1.807, 2.05) is 0 Å². The van der Waals surface area contributed by atoms with Gasteiger partial charge in [0.25, 0.3) is 5.91 Å². The first-order chi connectivity index (χ1) is 7.96. The summed E-state index contributed by atoms with van der Waals surface area (Å²) in [4.78, 5) is 11.6. The lowest BCUT2D eigenvalue weighted by Gasteiger charge is -2.07. The average Bonchev–Trinajstić information content (AvgIpc) is 2.29. The van der Waals surface area contributed by atoms with Gasteiger partial charge < -0.3 is 11.1 Å². The Morgan fingerprint density at radius 3 is 2.59 bits per heavy atom. The van der Waals surface area contributed by atoms with Crippen LogP contribution in [0, 0.1) is 0 Å². The highest BCUT2D eigenvalue weighted by molar-refractivity contribution is 7.89. The minimum atomic E-state index is -3.30. The van der Waals surface area contributed by atoms with Crippen LogP contribution in [0.5, 0.6) is 0 Å². The zero-order chi connectivity index (χ0) is 12.9. The summed E-state index contributed by atoms with van der Waals surface area (Å²) in [6.45, 7) is 0.0380. The third kappa shape index (κ3) is 4.04. The minimum Gasteiger partial charge on any atom is -0.398 e. The van der Waals surface area contributed by atoms with Crippen LogP contribution in [-0.2, 0) is 10.0 Å². The highest BCUT2D eigenvalue weighted by atomic mass is 32.2. The number of anilines is 1. The summed E-state index contributed by atoms with van der Waals surface area (Å²) in [7, 11) is -1.98. The Labute approximate surface area is 100 Å². The summed E-state index contributed by atoms with van der Waals surface area (Å²) in [5.74, 6) is -0.545. The Balaban J connectivity index is 2.55. The molecule has 0 aromatic heterocycles. The van der Waals surface area contributed by atoms with E-state index in [1.54, 1.807) is 24.3 Å². The Hall–Kier alpha value is -1.60. The summed E-state index contributed by atoms with van der Waals surface area (Å²) >= 11 is 0. The molecule has 1 aromatic carbocycles. The number of hydrogen-bond acceptors (Lipinski definition) is 4. The quantitative estimate of drug-likeness (QED) is 0.622. The van der Waals surface area contributed by atoms with Gasteiger partial charge in [-0.15, -0.1) is 0 Å². The predicted molar refractivity (Wildman–Crippen MR) is 66.0 cm³/mol. The molecule has 94 valence electrons. The van der Waals surface area contributed by atoms with Crippen LogP contribution in [0.3, 0.4) is 0 Å². The van der Waals surface area contributed by atoms with E-state index in [0.717, 1.165) is 0 Å². The predicted octanol–water partition coefficient (Wildman–Crippen LogP) is -0.452. The molecule has 0 unspecified atom stereocenters. The lowest BCUT2D eigenvalue weighted by atomic mass is 10.2. The second-order valence-electron chi connectivity index (χ2n) is 3.37. The van der Waals surface area contributed by atoms with E-state index in [4.69, 9.17) is 5.73 Å². The van der Waals surface area contributed by atoms with Gasteiger partial charge in [-0.3, -0.25) is 4.79 Å². The largest absolute Gasteiger partial charge is 0.398 e. The van der Waals surface area contributed by atoms with Gasteiger partial charge in [0.15, 0.2) is 0 Å². The first-order valence-electron chi connectivity index (χ1n) is 5.00. The summed E-state index contributed by atoms with van der Waals surface area (Å²) in [6, 6.07) is 6.60. The van der Waals surface area contributed by atoms with Crippen molar-refractivity contribution in [2.45, 2.75) is 0 Å². The van der Waals surface area contributed by atoms with Gasteiger partial charge in [0.1, 0.15) is 0 Å². The van der Waals surface area contributed by atoms with E-state index in [2.05, 4.69) is 10.0 Å². The molecule has 1 aromatic rings. The molecule has 0 spiro atoms. The van der Waals surface area contributed by atoms with E-state index in [9.17, 15) is 13.2 Å². The molecular formula is C10H15N3O3S. The van der Waals surface area contributed by atoms with Crippen LogP contribution in [0.4, 0.5) is 5.69 Å². The van der Waals surface area contributed by atoms with Gasteiger partial charge in [0, 0.05) is 12.2 Å². The Kier molecular flexibility index (Phi) is 4.47. The standard InChI is InChI=1S/C10H15N3O3S/c1-12-17(15,16)7-6-13-10(14)8-4-2-3-5-9(8)11/h2-5,12H,6-7,11H2,1H3,(H,13,14). The fraction of sp³-hybridized carbons (Fsp3) is 0.300. The molecule has 0 fully saturated rings. The number of nitrogens with one attached hydrogen (secondary N) is 2. The van der Waals surface area contributed by atoms with Gasteiger partial charge in [-0.2, -0.15) is 0 Å². The second kappa shape index (κ2) is 5.65. The number of amides is 1. The molecule has 4 N–H and O–H groups in total. The molecule has 0 heterocycles. The number of nitrogens with two attached hydrogens (primary N) is 1. The molecule has 17 heavy (non-hydrogen) atoms. The van der Waals surface area contributed by atoms with Crippen LogP contribution in [0.15, 0.2) is 24.3 Å². The van der Waals surface area contributed by atoms with Crippen molar-refractivity contribution in [2.75, 3.05) is 25.1 Å². The van der Waals surface area contributed by atoms with Crippen molar-refractivity contribution in [2.24, 2.45) is 0 Å². The molecule has 1 rings (SSSR count). The molecule has 6 nitrogen and oxygen atoms in total. The normalized spacial score (nSPS) is 11.1. The third-order valence-electron chi connectivity index (χ3n) is 2.17. The summed E-state index contributed by atoms with van der Waals surface area (Å²) in [5, 5.41) is 2.49. The molecule has 0 aliphatic rings. The third-order valence-corrected chi connectivity index (χ3v) is 3.54. The van der Waals surface area contributed by atoms with Crippen LogP contribution in [0.1, 0.15) is 10.4 Å². The molecule has 0 bridgehead atoms. The van der Waals surface area contributed by atoms with Crippen LogP contribution in [0.25, 0.3) is 0 Å². The van der Waals surface area contributed by atoms with Crippen molar-refractivity contribution in [1.82, 2.24) is 10.0 Å². The van der Waals surface area contributed by atoms with Gasteiger partial charge in [-0.25, -0.2) is 13.1 Å². The van der Waals surface area contributed by atoms with Crippen LogP contribution in [0.2, 0.25) is 0 Å². The number of para-hydroxylation sites is 1.